The summed E-state index contributed by atoms with van der Waals surface area (Å²) in [5, 5.41) is 9.47. The maximum Gasteiger partial charge on any atom is 0.354 e. The lowest BCUT2D eigenvalue weighted by Crippen LogP contribution is -2.08. The van der Waals surface area contributed by atoms with Gasteiger partial charge in [-0.2, -0.15) is 17.9 Å². The molecule has 0 aliphatic rings. The lowest BCUT2D eigenvalue weighted by Gasteiger charge is -2.04. The average molecular weight is 278 g/mol. The minimum Gasteiger partial charge on any atom is -0.422 e. The van der Waals surface area contributed by atoms with E-state index in [1.54, 1.807) is 30.3 Å². The van der Waals surface area contributed by atoms with Crippen LogP contribution in [0.5, 0.6) is 0 Å². The summed E-state index contributed by atoms with van der Waals surface area (Å²) >= 11 is 9.89. The largest absolute Gasteiger partial charge is 0.422 e. The van der Waals surface area contributed by atoms with Crippen molar-refractivity contribution >= 4 is 24.2 Å². The molecule has 2 aromatic rings. The normalized spacial score (nSPS) is 10.1. The van der Waals surface area contributed by atoms with Crippen molar-refractivity contribution in [1.29, 1.82) is 5.26 Å². The van der Waals surface area contributed by atoms with Gasteiger partial charge in [-0.15, -0.1) is 0 Å². The highest BCUT2D eigenvalue weighted by Crippen LogP contribution is 2.22. The van der Waals surface area contributed by atoms with Crippen molar-refractivity contribution in [2.75, 3.05) is 0 Å². The molecule has 0 saturated carbocycles. The van der Waals surface area contributed by atoms with E-state index in [9.17, 15) is 4.79 Å². The molecule has 18 heavy (non-hydrogen) atoms. The molecule has 0 fully saturated rings. The Morgan fingerprint density at radius 3 is 2.56 bits per heavy atom. The van der Waals surface area contributed by atoms with Gasteiger partial charge in [0.25, 0.3) is 0 Å². The van der Waals surface area contributed by atoms with Gasteiger partial charge in [0.2, 0.25) is 0 Å². The Balaban J connectivity index is 2.60. The molecule has 0 unspecified atom stereocenters. The molecule has 0 spiro atoms. The molecule has 5 heteroatoms. The van der Waals surface area contributed by atoms with Crippen LogP contribution in [0.15, 0.2) is 39.5 Å². The minimum absolute atomic E-state index is 0.00251. The number of thiol groups is 1. The van der Waals surface area contributed by atoms with Gasteiger partial charge in [0, 0.05) is 16.3 Å². The van der Waals surface area contributed by atoms with E-state index in [-0.39, 0.29) is 5.56 Å². The van der Waals surface area contributed by atoms with Crippen LogP contribution in [0, 0.1) is 11.3 Å². The lowest BCUT2D eigenvalue weighted by atomic mass is 10.1. The fraction of sp³-hybridized carbons (Fsp3) is 0.0769. The molecule has 0 N–H and O–H groups in total. The van der Waals surface area contributed by atoms with Gasteiger partial charge >= 0.3 is 5.63 Å². The predicted molar refractivity (Wildman–Crippen MR) is 72.8 cm³/mol. The number of hydrogen-bond acceptors (Lipinski definition) is 4. The quantitative estimate of drug-likeness (QED) is 0.857. The second-order valence-electron chi connectivity index (χ2n) is 3.58. The fourth-order valence-corrected chi connectivity index (χ4v) is 1.92. The molecule has 0 bridgehead atoms. The van der Waals surface area contributed by atoms with Crippen molar-refractivity contribution in [1.82, 2.24) is 0 Å². The summed E-state index contributed by atoms with van der Waals surface area (Å²) < 4.78 is 5.11. The Morgan fingerprint density at radius 2 is 2.00 bits per heavy atom. The van der Waals surface area contributed by atoms with E-state index >= 15 is 0 Å². The molecule has 0 aliphatic carbocycles. The smallest absolute Gasteiger partial charge is 0.354 e. The molecule has 0 saturated heterocycles. The first kappa shape index (κ1) is 12.7. The van der Waals surface area contributed by atoms with Crippen molar-refractivity contribution in [2.24, 2.45) is 0 Å². The van der Waals surface area contributed by atoms with Crippen molar-refractivity contribution in [3.05, 3.63) is 56.9 Å². The van der Waals surface area contributed by atoms with Crippen LogP contribution < -0.4 is 5.63 Å². The first-order valence-electron chi connectivity index (χ1n) is 5.09. The van der Waals surface area contributed by atoms with Gasteiger partial charge in [-0.25, -0.2) is 4.79 Å². The van der Waals surface area contributed by atoms with Crippen LogP contribution >= 0.6 is 24.2 Å². The number of hydrogen-bond donors (Lipinski definition) is 1. The lowest BCUT2D eigenvalue weighted by molar-refractivity contribution is 0.522. The minimum atomic E-state index is -0.644. The first-order chi connectivity index (χ1) is 8.65. The molecule has 2 rings (SSSR count). The second-order valence-corrected chi connectivity index (χ2v) is 4.33. The number of rotatable bonds is 2. The zero-order valence-electron chi connectivity index (χ0n) is 9.18. The SMILES string of the molecule is N#Cc1c(CS)cc(-c2ccc(Cl)cc2)oc1=O. The Bertz CT molecular complexity index is 671. The second kappa shape index (κ2) is 5.30. The number of nitriles is 1. The van der Waals surface area contributed by atoms with Crippen molar-refractivity contribution in [3.63, 3.8) is 0 Å². The van der Waals surface area contributed by atoms with E-state index < -0.39 is 5.63 Å². The van der Waals surface area contributed by atoms with Gasteiger partial charge in [0.05, 0.1) is 0 Å². The fourth-order valence-electron chi connectivity index (χ4n) is 1.54. The summed E-state index contributed by atoms with van der Waals surface area (Å²) in [7, 11) is 0. The van der Waals surface area contributed by atoms with Gasteiger partial charge in [0.1, 0.15) is 17.4 Å². The van der Waals surface area contributed by atoms with Crippen molar-refractivity contribution < 1.29 is 4.42 Å². The summed E-state index contributed by atoms with van der Waals surface area (Å²) in [6.45, 7) is 0. The first-order valence-corrected chi connectivity index (χ1v) is 6.10. The van der Waals surface area contributed by atoms with Crippen LogP contribution in [-0.4, -0.2) is 0 Å². The zero-order chi connectivity index (χ0) is 13.1. The van der Waals surface area contributed by atoms with E-state index in [2.05, 4.69) is 12.6 Å². The van der Waals surface area contributed by atoms with E-state index in [0.29, 0.717) is 22.1 Å². The molecule has 1 aromatic heterocycles. The monoisotopic (exact) mass is 277 g/mol. The maximum atomic E-state index is 11.6. The summed E-state index contributed by atoms with van der Waals surface area (Å²) in [4.78, 5) is 11.6. The molecule has 3 nitrogen and oxygen atoms in total. The van der Waals surface area contributed by atoms with E-state index in [1.165, 1.54) is 0 Å². The van der Waals surface area contributed by atoms with Gasteiger partial charge in [0.15, 0.2) is 0 Å². The highest BCUT2D eigenvalue weighted by molar-refractivity contribution is 7.79. The third kappa shape index (κ3) is 2.42. The van der Waals surface area contributed by atoms with Gasteiger partial charge in [-0.1, -0.05) is 11.6 Å². The van der Waals surface area contributed by atoms with Gasteiger partial charge in [-0.3, -0.25) is 0 Å². The highest BCUT2D eigenvalue weighted by Gasteiger charge is 2.11. The molecule has 0 radical (unpaired) electrons. The highest BCUT2D eigenvalue weighted by atomic mass is 35.5. The van der Waals surface area contributed by atoms with Crippen LogP contribution in [0.4, 0.5) is 0 Å². The molecule has 1 aromatic carbocycles. The van der Waals surface area contributed by atoms with Crippen molar-refractivity contribution in [3.8, 4) is 17.4 Å². The average Bonchev–Trinajstić information content (AvgIpc) is 2.38. The van der Waals surface area contributed by atoms with Crippen LogP contribution in [0.25, 0.3) is 11.3 Å². The standard InChI is InChI=1S/C13H8ClNO2S/c14-10-3-1-8(2-4-10)12-5-9(7-18)11(6-15)13(16)17-12/h1-5,18H,7H2. The third-order valence-electron chi connectivity index (χ3n) is 2.44. The van der Waals surface area contributed by atoms with Crippen LogP contribution in [-0.2, 0) is 5.75 Å². The van der Waals surface area contributed by atoms with Gasteiger partial charge in [-0.05, 0) is 35.9 Å². The Hall–Kier alpha value is -1.70. The number of halogens is 1. The summed E-state index contributed by atoms with van der Waals surface area (Å²) in [6, 6.07) is 10.4. The summed E-state index contributed by atoms with van der Waals surface area (Å²) in [5.41, 5.74) is 0.641. The van der Waals surface area contributed by atoms with Crippen LogP contribution in [0.3, 0.4) is 0 Å². The predicted octanol–water partition coefficient (Wildman–Crippen LogP) is 3.26. The zero-order valence-corrected chi connectivity index (χ0v) is 10.8. The molecule has 1 heterocycles. The molecule has 0 atom stereocenters. The topological polar surface area (TPSA) is 54.0 Å². The van der Waals surface area contributed by atoms with Crippen LogP contribution in [0.2, 0.25) is 5.02 Å². The summed E-state index contributed by atoms with van der Waals surface area (Å²) in [5.74, 6) is 0.703. The maximum absolute atomic E-state index is 11.6. The number of nitrogens with zero attached hydrogens (tertiary/aromatic N) is 1. The van der Waals surface area contributed by atoms with E-state index in [1.807, 2.05) is 6.07 Å². The molecular weight excluding hydrogens is 270 g/mol. The Labute approximate surface area is 114 Å². The molecule has 0 amide bonds. The molecular formula is C13H8ClNO2S. The van der Waals surface area contributed by atoms with E-state index in [0.717, 1.165) is 5.56 Å². The number of benzene rings is 1. The Morgan fingerprint density at radius 1 is 1.33 bits per heavy atom. The summed E-state index contributed by atoms with van der Waals surface area (Å²) in [6.07, 6.45) is 0. The van der Waals surface area contributed by atoms with Gasteiger partial charge < -0.3 is 4.42 Å². The van der Waals surface area contributed by atoms with Crippen molar-refractivity contribution in [2.45, 2.75) is 5.75 Å². The molecule has 0 aliphatic heterocycles. The Kier molecular flexibility index (Phi) is 3.75. The third-order valence-corrected chi connectivity index (χ3v) is 3.04. The van der Waals surface area contributed by atoms with E-state index in [4.69, 9.17) is 21.3 Å². The van der Waals surface area contributed by atoms with Crippen LogP contribution in [0.1, 0.15) is 11.1 Å². The molecule has 90 valence electrons.